The molecule has 1 aromatic rings. The number of likely N-dealkylation sites (tertiary alicyclic amines) is 1. The molecule has 7 heteroatoms. The number of rotatable bonds is 7. The highest BCUT2D eigenvalue weighted by Gasteiger charge is 2.38. The minimum absolute atomic E-state index is 0.0306. The summed E-state index contributed by atoms with van der Waals surface area (Å²) in [6.07, 6.45) is 1.86. The first-order valence-electron chi connectivity index (χ1n) is 9.35. The lowest BCUT2D eigenvalue weighted by Crippen LogP contribution is -2.37. The fraction of sp³-hybridized carbons (Fsp3) is 0.550. The van der Waals surface area contributed by atoms with Crippen molar-refractivity contribution in [3.05, 3.63) is 35.6 Å². The number of benzene rings is 1. The van der Waals surface area contributed by atoms with Crippen molar-refractivity contribution < 1.29 is 23.5 Å². The van der Waals surface area contributed by atoms with Crippen molar-refractivity contribution in [3.63, 3.8) is 0 Å². The number of amides is 2. The lowest BCUT2D eigenvalue weighted by molar-refractivity contribution is -0.155. The van der Waals surface area contributed by atoms with Gasteiger partial charge in [0.05, 0.1) is 5.92 Å². The van der Waals surface area contributed by atoms with Crippen LogP contribution in [0.3, 0.4) is 0 Å². The highest BCUT2D eigenvalue weighted by atomic mass is 19.1. The maximum atomic E-state index is 13.9. The molecule has 0 aromatic heterocycles. The van der Waals surface area contributed by atoms with Crippen LogP contribution in [0.4, 0.5) is 4.39 Å². The molecule has 27 heavy (non-hydrogen) atoms. The number of hydrogen-bond donors (Lipinski definition) is 0. The first kappa shape index (κ1) is 19.3. The maximum absolute atomic E-state index is 13.9. The van der Waals surface area contributed by atoms with E-state index in [0.717, 1.165) is 12.8 Å². The second-order valence-corrected chi connectivity index (χ2v) is 7.49. The van der Waals surface area contributed by atoms with E-state index in [1.54, 1.807) is 28.0 Å². The van der Waals surface area contributed by atoms with Crippen LogP contribution < -0.4 is 0 Å². The van der Waals surface area contributed by atoms with Gasteiger partial charge in [0.1, 0.15) is 5.82 Å². The summed E-state index contributed by atoms with van der Waals surface area (Å²) in [6, 6.07) is 6.44. The predicted octanol–water partition coefficient (Wildman–Crippen LogP) is 2.12. The molecule has 0 radical (unpaired) electrons. The van der Waals surface area contributed by atoms with Gasteiger partial charge in [-0.05, 0) is 32.8 Å². The molecule has 1 saturated carbocycles. The van der Waals surface area contributed by atoms with E-state index in [2.05, 4.69) is 0 Å². The van der Waals surface area contributed by atoms with E-state index in [-0.39, 0.29) is 49.3 Å². The van der Waals surface area contributed by atoms with E-state index < -0.39 is 11.9 Å². The Bertz CT molecular complexity index is 732. The van der Waals surface area contributed by atoms with Gasteiger partial charge in [-0.25, -0.2) is 4.39 Å². The quantitative estimate of drug-likeness (QED) is 0.684. The molecule has 0 bridgehead atoms. The summed E-state index contributed by atoms with van der Waals surface area (Å²) in [6.45, 7) is 3.90. The van der Waals surface area contributed by atoms with Crippen LogP contribution >= 0.6 is 0 Å². The van der Waals surface area contributed by atoms with Crippen LogP contribution in [-0.4, -0.2) is 52.8 Å². The Balaban J connectivity index is 1.55. The van der Waals surface area contributed by atoms with Crippen LogP contribution in [0.5, 0.6) is 0 Å². The molecule has 3 rings (SSSR count). The SMILES string of the molecule is CC(C)N1CC(C(=O)OCC(=O)N(Cc2ccccc2F)C2CC2)CC1=O. The van der Waals surface area contributed by atoms with Gasteiger partial charge in [-0.15, -0.1) is 0 Å². The number of carbonyl (C=O) groups excluding carboxylic acids is 3. The van der Waals surface area contributed by atoms with Crippen LogP contribution in [-0.2, 0) is 25.7 Å². The number of carbonyl (C=O) groups is 3. The molecule has 1 aliphatic carbocycles. The van der Waals surface area contributed by atoms with Gasteiger partial charge < -0.3 is 14.5 Å². The van der Waals surface area contributed by atoms with E-state index in [1.165, 1.54) is 6.07 Å². The average molecular weight is 376 g/mol. The molecule has 0 spiro atoms. The summed E-state index contributed by atoms with van der Waals surface area (Å²) >= 11 is 0. The molecule has 2 aliphatic rings. The zero-order valence-electron chi connectivity index (χ0n) is 15.7. The Morgan fingerprint density at radius 1 is 1.30 bits per heavy atom. The third-order valence-electron chi connectivity index (χ3n) is 5.06. The van der Waals surface area contributed by atoms with Crippen molar-refractivity contribution in [2.45, 2.75) is 51.7 Å². The standard InChI is InChI=1S/C20H25FN2O4/c1-13(2)22-11-15(9-18(22)24)20(26)27-12-19(25)23(16-7-8-16)10-14-5-3-4-6-17(14)21/h3-6,13,15-16H,7-12H2,1-2H3. The number of halogens is 1. The van der Waals surface area contributed by atoms with Crippen LogP contribution in [0.1, 0.15) is 38.7 Å². The Morgan fingerprint density at radius 2 is 2.00 bits per heavy atom. The molecule has 146 valence electrons. The molecule has 2 fully saturated rings. The van der Waals surface area contributed by atoms with E-state index in [4.69, 9.17) is 4.74 Å². The molecule has 1 heterocycles. The molecular weight excluding hydrogens is 351 g/mol. The summed E-state index contributed by atoms with van der Waals surface area (Å²) in [5.41, 5.74) is 0.443. The smallest absolute Gasteiger partial charge is 0.311 e. The molecule has 1 aromatic carbocycles. The third-order valence-corrected chi connectivity index (χ3v) is 5.06. The van der Waals surface area contributed by atoms with Crippen molar-refractivity contribution >= 4 is 17.8 Å². The monoisotopic (exact) mass is 376 g/mol. The van der Waals surface area contributed by atoms with Crippen molar-refractivity contribution in [3.8, 4) is 0 Å². The van der Waals surface area contributed by atoms with Gasteiger partial charge in [0.15, 0.2) is 6.61 Å². The van der Waals surface area contributed by atoms with Gasteiger partial charge in [-0.1, -0.05) is 18.2 Å². The van der Waals surface area contributed by atoms with E-state index in [9.17, 15) is 18.8 Å². The van der Waals surface area contributed by atoms with Gasteiger partial charge in [-0.3, -0.25) is 14.4 Å². The van der Waals surface area contributed by atoms with E-state index >= 15 is 0 Å². The topological polar surface area (TPSA) is 66.9 Å². The van der Waals surface area contributed by atoms with Crippen LogP contribution in [0.25, 0.3) is 0 Å². The van der Waals surface area contributed by atoms with Gasteiger partial charge in [0, 0.05) is 37.2 Å². The molecule has 1 atom stereocenters. The van der Waals surface area contributed by atoms with Crippen molar-refractivity contribution in [2.75, 3.05) is 13.2 Å². The van der Waals surface area contributed by atoms with Gasteiger partial charge in [-0.2, -0.15) is 0 Å². The lowest BCUT2D eigenvalue weighted by Gasteiger charge is -2.23. The van der Waals surface area contributed by atoms with Crippen molar-refractivity contribution in [2.24, 2.45) is 5.92 Å². The molecule has 1 saturated heterocycles. The van der Waals surface area contributed by atoms with Crippen LogP contribution in [0, 0.1) is 11.7 Å². The van der Waals surface area contributed by atoms with Crippen molar-refractivity contribution in [1.82, 2.24) is 9.80 Å². The summed E-state index contributed by atoms with van der Waals surface area (Å²) in [5.74, 6) is -1.82. The Labute approximate surface area is 158 Å². The molecule has 6 nitrogen and oxygen atoms in total. The highest BCUT2D eigenvalue weighted by molar-refractivity contribution is 5.88. The minimum Gasteiger partial charge on any atom is -0.455 e. The molecular formula is C20H25FN2O4. The third kappa shape index (κ3) is 4.64. The predicted molar refractivity (Wildman–Crippen MR) is 95.9 cm³/mol. The highest BCUT2D eigenvalue weighted by Crippen LogP contribution is 2.29. The second kappa shape index (κ2) is 8.06. The summed E-state index contributed by atoms with van der Waals surface area (Å²) in [5, 5.41) is 0. The van der Waals surface area contributed by atoms with E-state index in [0.29, 0.717) is 12.1 Å². The maximum Gasteiger partial charge on any atom is 0.311 e. The fourth-order valence-electron chi connectivity index (χ4n) is 3.34. The Morgan fingerprint density at radius 3 is 2.59 bits per heavy atom. The van der Waals surface area contributed by atoms with Crippen molar-refractivity contribution in [1.29, 1.82) is 0 Å². The number of nitrogens with zero attached hydrogens (tertiary/aromatic N) is 2. The number of ether oxygens (including phenoxy) is 1. The second-order valence-electron chi connectivity index (χ2n) is 7.49. The number of hydrogen-bond acceptors (Lipinski definition) is 4. The van der Waals surface area contributed by atoms with Gasteiger partial charge in [0.2, 0.25) is 5.91 Å². The summed E-state index contributed by atoms with van der Waals surface area (Å²) in [7, 11) is 0. The molecule has 1 unspecified atom stereocenters. The molecule has 2 amide bonds. The Kier molecular flexibility index (Phi) is 5.77. The normalized spacial score (nSPS) is 19.5. The molecule has 1 aliphatic heterocycles. The summed E-state index contributed by atoms with van der Waals surface area (Å²) < 4.78 is 19.1. The van der Waals surface area contributed by atoms with Crippen LogP contribution in [0.2, 0.25) is 0 Å². The zero-order chi connectivity index (χ0) is 19.6. The largest absolute Gasteiger partial charge is 0.455 e. The average Bonchev–Trinajstić information content (AvgIpc) is 3.39. The number of esters is 1. The first-order valence-corrected chi connectivity index (χ1v) is 9.35. The van der Waals surface area contributed by atoms with Crippen LogP contribution in [0.15, 0.2) is 24.3 Å². The first-order chi connectivity index (χ1) is 12.9. The van der Waals surface area contributed by atoms with Gasteiger partial charge in [0.25, 0.3) is 5.91 Å². The lowest BCUT2D eigenvalue weighted by atomic mass is 10.1. The minimum atomic E-state index is -0.534. The fourth-order valence-corrected chi connectivity index (χ4v) is 3.34. The zero-order valence-corrected chi connectivity index (χ0v) is 15.7. The van der Waals surface area contributed by atoms with E-state index in [1.807, 2.05) is 13.8 Å². The van der Waals surface area contributed by atoms with Gasteiger partial charge >= 0.3 is 5.97 Å². The molecule has 0 N–H and O–H groups in total. The summed E-state index contributed by atoms with van der Waals surface area (Å²) in [4.78, 5) is 39.9. The Hall–Kier alpha value is -2.44.